The highest BCUT2D eigenvalue weighted by atomic mass is 16.5. The number of hydrogen-bond acceptors (Lipinski definition) is 3. The smallest absolute Gasteiger partial charge is 0.140 e. The lowest BCUT2D eigenvalue weighted by atomic mass is 9.86. The summed E-state index contributed by atoms with van der Waals surface area (Å²) in [6.07, 6.45) is 0.763. The molecule has 1 rings (SSSR count). The molecule has 0 bridgehead atoms. The molecular formula is C13H14N2O. The fourth-order valence-corrected chi connectivity index (χ4v) is 1.74. The number of hydrogen-bond donors (Lipinski definition) is 0. The van der Waals surface area contributed by atoms with Crippen LogP contribution in [0.1, 0.15) is 24.8 Å². The first kappa shape index (κ1) is 12.1. The van der Waals surface area contributed by atoms with Gasteiger partial charge in [0.05, 0.1) is 19.2 Å². The molecule has 0 fully saturated rings. The van der Waals surface area contributed by atoms with Crippen LogP contribution in [0.15, 0.2) is 24.3 Å². The first-order valence-electron chi connectivity index (χ1n) is 5.20. The van der Waals surface area contributed by atoms with Gasteiger partial charge >= 0.3 is 0 Å². The Labute approximate surface area is 95.9 Å². The number of nitrogens with zero attached hydrogens (tertiary/aromatic N) is 2. The fourth-order valence-electron chi connectivity index (χ4n) is 1.74. The molecule has 1 atom stereocenters. The van der Waals surface area contributed by atoms with E-state index in [1.54, 1.807) is 7.11 Å². The Morgan fingerprint density at radius 1 is 1.31 bits per heavy atom. The maximum atomic E-state index is 8.91. The van der Waals surface area contributed by atoms with E-state index in [1.165, 1.54) is 0 Å². The second-order valence-corrected chi connectivity index (χ2v) is 3.53. The predicted octanol–water partition coefficient (Wildman–Crippen LogP) is 2.85. The molecule has 0 aromatic heterocycles. The van der Waals surface area contributed by atoms with E-state index in [1.807, 2.05) is 43.3 Å². The molecule has 0 amide bonds. The van der Waals surface area contributed by atoms with Crippen LogP contribution in [-0.4, -0.2) is 7.11 Å². The van der Waals surface area contributed by atoms with Gasteiger partial charge in [-0.2, -0.15) is 10.5 Å². The Balaban J connectivity index is 3.05. The lowest BCUT2D eigenvalue weighted by molar-refractivity contribution is 0.413. The molecule has 3 heteroatoms. The summed E-state index contributed by atoms with van der Waals surface area (Å²) in [5.74, 6) is 0.104. The van der Waals surface area contributed by atoms with Gasteiger partial charge in [0.2, 0.25) is 0 Å². The molecule has 16 heavy (non-hydrogen) atoms. The summed E-state index contributed by atoms with van der Waals surface area (Å²) < 4.78 is 5.13. The van der Waals surface area contributed by atoms with E-state index in [2.05, 4.69) is 0 Å². The molecule has 0 aliphatic heterocycles. The van der Waals surface area contributed by atoms with Crippen molar-refractivity contribution in [2.24, 2.45) is 5.92 Å². The quantitative estimate of drug-likeness (QED) is 0.774. The van der Waals surface area contributed by atoms with Crippen LogP contribution in [0.4, 0.5) is 0 Å². The monoisotopic (exact) mass is 214 g/mol. The van der Waals surface area contributed by atoms with Crippen molar-refractivity contribution in [3.63, 3.8) is 0 Å². The molecule has 0 saturated carbocycles. The number of benzene rings is 1. The highest BCUT2D eigenvalue weighted by Gasteiger charge is 2.21. The van der Waals surface area contributed by atoms with Gasteiger partial charge < -0.3 is 4.74 Å². The van der Waals surface area contributed by atoms with Crippen molar-refractivity contribution < 1.29 is 4.74 Å². The van der Waals surface area contributed by atoms with Gasteiger partial charge in [-0.15, -0.1) is 0 Å². The van der Waals surface area contributed by atoms with Crippen LogP contribution in [0.2, 0.25) is 0 Å². The summed E-state index contributed by atoms with van der Waals surface area (Å²) in [7, 11) is 1.60. The third kappa shape index (κ3) is 2.52. The first-order valence-corrected chi connectivity index (χ1v) is 5.20. The van der Waals surface area contributed by atoms with Crippen molar-refractivity contribution >= 4 is 0 Å². The van der Waals surface area contributed by atoms with Gasteiger partial charge in [0.1, 0.15) is 11.7 Å². The first-order chi connectivity index (χ1) is 7.76. The number of rotatable bonds is 4. The normalized spacial score (nSPS) is 11.6. The van der Waals surface area contributed by atoms with Gasteiger partial charge in [-0.3, -0.25) is 0 Å². The van der Waals surface area contributed by atoms with Crippen LogP contribution in [0.3, 0.4) is 0 Å². The molecule has 1 unspecified atom stereocenters. The Bertz CT molecular complexity index is 414. The number of nitriles is 2. The molecule has 0 saturated heterocycles. The minimum Gasteiger partial charge on any atom is -0.497 e. The second-order valence-electron chi connectivity index (χ2n) is 3.53. The van der Waals surface area contributed by atoms with Crippen molar-refractivity contribution in [2.75, 3.05) is 7.11 Å². The molecule has 0 N–H and O–H groups in total. The molecule has 0 aliphatic rings. The lowest BCUT2D eigenvalue weighted by Gasteiger charge is -2.16. The Kier molecular flexibility index (Phi) is 4.36. The molecule has 0 radical (unpaired) electrons. The lowest BCUT2D eigenvalue weighted by Crippen LogP contribution is -2.08. The molecule has 1 aromatic carbocycles. The topological polar surface area (TPSA) is 56.8 Å². The van der Waals surface area contributed by atoms with Crippen molar-refractivity contribution in [1.29, 1.82) is 10.5 Å². The van der Waals surface area contributed by atoms with E-state index in [9.17, 15) is 0 Å². The summed E-state index contributed by atoms with van der Waals surface area (Å²) in [6, 6.07) is 11.6. The summed E-state index contributed by atoms with van der Waals surface area (Å²) in [5.41, 5.74) is 0.981. The number of methoxy groups -OCH3 is 1. The zero-order valence-electron chi connectivity index (χ0n) is 9.47. The van der Waals surface area contributed by atoms with Gasteiger partial charge in [-0.1, -0.05) is 19.1 Å². The van der Waals surface area contributed by atoms with Crippen molar-refractivity contribution in [1.82, 2.24) is 0 Å². The second kappa shape index (κ2) is 5.78. The third-order valence-corrected chi connectivity index (χ3v) is 2.64. The van der Waals surface area contributed by atoms with Gasteiger partial charge in [0.15, 0.2) is 0 Å². The summed E-state index contributed by atoms with van der Waals surface area (Å²) in [5, 5.41) is 17.8. The minimum absolute atomic E-state index is 0.0508. The van der Waals surface area contributed by atoms with Crippen LogP contribution in [0, 0.1) is 28.6 Å². The Morgan fingerprint density at radius 3 is 2.50 bits per heavy atom. The zero-order valence-corrected chi connectivity index (χ0v) is 9.47. The van der Waals surface area contributed by atoms with E-state index in [-0.39, 0.29) is 5.92 Å². The summed E-state index contributed by atoms with van der Waals surface area (Å²) >= 11 is 0. The minimum atomic E-state index is -0.600. The Morgan fingerprint density at radius 2 is 2.00 bits per heavy atom. The fraction of sp³-hybridized carbons (Fsp3) is 0.385. The average molecular weight is 214 g/mol. The molecule has 0 spiro atoms. The van der Waals surface area contributed by atoms with E-state index in [0.717, 1.165) is 17.7 Å². The van der Waals surface area contributed by atoms with E-state index < -0.39 is 5.92 Å². The molecule has 3 nitrogen and oxygen atoms in total. The standard InChI is InChI=1S/C13H14N2O/c1-3-13(11(8-14)9-15)10-5-4-6-12(7-10)16-2/h4-7,11,13H,3H2,1-2H3. The maximum absolute atomic E-state index is 8.91. The third-order valence-electron chi connectivity index (χ3n) is 2.64. The van der Waals surface area contributed by atoms with Crippen LogP contribution in [-0.2, 0) is 0 Å². The average Bonchev–Trinajstić information content (AvgIpc) is 2.35. The van der Waals surface area contributed by atoms with Crippen LogP contribution < -0.4 is 4.74 Å². The summed E-state index contributed by atoms with van der Waals surface area (Å²) in [6.45, 7) is 1.98. The largest absolute Gasteiger partial charge is 0.497 e. The highest BCUT2D eigenvalue weighted by Crippen LogP contribution is 2.29. The summed E-state index contributed by atoms with van der Waals surface area (Å²) in [4.78, 5) is 0. The van der Waals surface area contributed by atoms with E-state index >= 15 is 0 Å². The van der Waals surface area contributed by atoms with Gasteiger partial charge in [-0.05, 0) is 24.1 Å². The molecule has 82 valence electrons. The van der Waals surface area contributed by atoms with E-state index in [4.69, 9.17) is 15.3 Å². The SMILES string of the molecule is CCC(c1cccc(OC)c1)C(C#N)C#N. The van der Waals surface area contributed by atoms with Gasteiger partial charge in [-0.25, -0.2) is 0 Å². The Hall–Kier alpha value is -2.00. The molecule has 0 heterocycles. The van der Waals surface area contributed by atoms with Crippen LogP contribution in [0.25, 0.3) is 0 Å². The van der Waals surface area contributed by atoms with Crippen molar-refractivity contribution in [3.8, 4) is 17.9 Å². The maximum Gasteiger partial charge on any atom is 0.140 e. The van der Waals surface area contributed by atoms with E-state index in [0.29, 0.717) is 0 Å². The predicted molar refractivity (Wildman–Crippen MR) is 60.7 cm³/mol. The van der Waals surface area contributed by atoms with Crippen LogP contribution >= 0.6 is 0 Å². The highest BCUT2D eigenvalue weighted by molar-refractivity contribution is 5.33. The van der Waals surface area contributed by atoms with Crippen LogP contribution in [0.5, 0.6) is 5.75 Å². The van der Waals surface area contributed by atoms with Gasteiger partial charge in [0, 0.05) is 5.92 Å². The molecule has 1 aromatic rings. The molecular weight excluding hydrogens is 200 g/mol. The van der Waals surface area contributed by atoms with Gasteiger partial charge in [0.25, 0.3) is 0 Å². The molecule has 0 aliphatic carbocycles. The number of ether oxygens (including phenoxy) is 1. The van der Waals surface area contributed by atoms with Crippen molar-refractivity contribution in [2.45, 2.75) is 19.3 Å². The van der Waals surface area contributed by atoms with Crippen molar-refractivity contribution in [3.05, 3.63) is 29.8 Å². The zero-order chi connectivity index (χ0) is 12.0.